The van der Waals surface area contributed by atoms with Crippen molar-refractivity contribution in [3.8, 4) is 5.75 Å². The van der Waals surface area contributed by atoms with E-state index in [1.54, 1.807) is 7.11 Å². The monoisotopic (exact) mass is 434 g/mol. The molecule has 0 fully saturated rings. The van der Waals surface area contributed by atoms with Crippen molar-refractivity contribution in [1.29, 1.82) is 0 Å². The second kappa shape index (κ2) is 11.5. The van der Waals surface area contributed by atoms with Crippen molar-refractivity contribution in [1.82, 2.24) is 15.1 Å². The van der Waals surface area contributed by atoms with Crippen molar-refractivity contribution >= 4 is 29.9 Å². The van der Waals surface area contributed by atoms with Crippen LogP contribution in [0.2, 0.25) is 0 Å². The number of aliphatic imine (C=N–C) groups is 1. The molecular formula is C17H31IN4O. The highest BCUT2D eigenvalue weighted by atomic mass is 127. The van der Waals surface area contributed by atoms with Crippen molar-refractivity contribution in [2.45, 2.75) is 26.4 Å². The highest BCUT2D eigenvalue weighted by Gasteiger charge is 2.08. The predicted molar refractivity (Wildman–Crippen MR) is 109 cm³/mol. The van der Waals surface area contributed by atoms with Crippen LogP contribution in [-0.2, 0) is 6.54 Å². The summed E-state index contributed by atoms with van der Waals surface area (Å²) in [6, 6.07) is 8.68. The number of ether oxygens (including phenoxy) is 1. The van der Waals surface area contributed by atoms with Gasteiger partial charge in [0.05, 0.1) is 7.11 Å². The molecule has 0 saturated carbocycles. The van der Waals surface area contributed by atoms with Gasteiger partial charge in [0.25, 0.3) is 0 Å². The summed E-state index contributed by atoms with van der Waals surface area (Å²) in [4.78, 5) is 8.78. The third-order valence-corrected chi connectivity index (χ3v) is 3.78. The van der Waals surface area contributed by atoms with E-state index in [0.29, 0.717) is 6.04 Å². The first kappa shape index (κ1) is 22.0. The summed E-state index contributed by atoms with van der Waals surface area (Å²) in [5.41, 5.74) is 1.23. The van der Waals surface area contributed by atoms with Gasteiger partial charge in [0.2, 0.25) is 0 Å². The van der Waals surface area contributed by atoms with Crippen LogP contribution in [0.5, 0.6) is 5.75 Å². The highest BCUT2D eigenvalue weighted by Crippen LogP contribution is 2.12. The third kappa shape index (κ3) is 7.87. The number of nitrogens with one attached hydrogen (secondary N) is 1. The molecule has 0 radical (unpaired) electrons. The molecule has 23 heavy (non-hydrogen) atoms. The van der Waals surface area contributed by atoms with Gasteiger partial charge in [-0.3, -0.25) is 4.99 Å². The van der Waals surface area contributed by atoms with Crippen LogP contribution in [0, 0.1) is 0 Å². The molecule has 1 aromatic carbocycles. The number of likely N-dealkylation sites (N-methyl/N-ethyl adjacent to an activating group) is 1. The molecule has 132 valence electrons. The molecular weight excluding hydrogens is 403 g/mol. The largest absolute Gasteiger partial charge is 0.497 e. The van der Waals surface area contributed by atoms with Crippen LogP contribution in [0.4, 0.5) is 0 Å². The highest BCUT2D eigenvalue weighted by molar-refractivity contribution is 14.0. The van der Waals surface area contributed by atoms with E-state index in [4.69, 9.17) is 4.74 Å². The smallest absolute Gasteiger partial charge is 0.193 e. The molecule has 0 amide bonds. The van der Waals surface area contributed by atoms with Crippen molar-refractivity contribution in [3.63, 3.8) is 0 Å². The third-order valence-electron chi connectivity index (χ3n) is 3.78. The number of rotatable bonds is 7. The Morgan fingerprint density at radius 1 is 1.22 bits per heavy atom. The zero-order valence-corrected chi connectivity index (χ0v) is 17.5. The van der Waals surface area contributed by atoms with E-state index in [2.05, 4.69) is 53.1 Å². The number of nitrogens with zero attached hydrogens (tertiary/aromatic N) is 3. The van der Waals surface area contributed by atoms with Crippen LogP contribution in [0.25, 0.3) is 0 Å². The molecule has 0 saturated heterocycles. The maximum atomic E-state index is 5.18. The Bertz CT molecular complexity index is 462. The van der Waals surface area contributed by atoms with Crippen LogP contribution in [-0.4, -0.2) is 63.1 Å². The van der Waals surface area contributed by atoms with E-state index in [-0.39, 0.29) is 24.0 Å². The van der Waals surface area contributed by atoms with Crippen molar-refractivity contribution in [2.24, 2.45) is 4.99 Å². The van der Waals surface area contributed by atoms with E-state index >= 15 is 0 Å². The summed E-state index contributed by atoms with van der Waals surface area (Å²) in [5.74, 6) is 1.79. The quantitative estimate of drug-likeness (QED) is 0.407. The number of hydrogen-bond donors (Lipinski definition) is 1. The lowest BCUT2D eigenvalue weighted by atomic mass is 10.2. The molecule has 0 atom stereocenters. The average Bonchev–Trinajstić information content (AvgIpc) is 2.51. The minimum atomic E-state index is 0. The molecule has 0 aliphatic rings. The molecule has 6 heteroatoms. The van der Waals surface area contributed by atoms with E-state index in [0.717, 1.165) is 31.3 Å². The Morgan fingerprint density at radius 2 is 1.83 bits per heavy atom. The second-order valence-corrected chi connectivity index (χ2v) is 5.75. The number of guanidine groups is 1. The van der Waals surface area contributed by atoms with E-state index in [1.807, 2.05) is 26.2 Å². The molecule has 0 aliphatic carbocycles. The SMILES string of the molecule is CN=C(NCCN(C)C(C)C)N(C)Cc1ccc(OC)cc1.I. The van der Waals surface area contributed by atoms with Gasteiger partial charge in [-0.15, -0.1) is 24.0 Å². The first-order valence-corrected chi connectivity index (χ1v) is 7.73. The maximum absolute atomic E-state index is 5.18. The number of halogens is 1. The minimum Gasteiger partial charge on any atom is -0.497 e. The standard InChI is InChI=1S/C17H30N4O.HI/c1-14(2)20(4)12-11-19-17(18-3)21(5)13-15-7-9-16(22-6)10-8-15;/h7-10,14H,11-13H2,1-6H3,(H,18,19);1H. The lowest BCUT2D eigenvalue weighted by Gasteiger charge is -2.25. The van der Waals surface area contributed by atoms with Gasteiger partial charge in [0, 0.05) is 39.8 Å². The molecule has 0 aliphatic heterocycles. The van der Waals surface area contributed by atoms with Gasteiger partial charge in [-0.05, 0) is 38.6 Å². The molecule has 0 bridgehead atoms. The molecule has 1 rings (SSSR count). The fourth-order valence-electron chi connectivity index (χ4n) is 2.07. The predicted octanol–water partition coefficient (Wildman–Crippen LogP) is 2.66. The first-order chi connectivity index (χ1) is 10.5. The Balaban J connectivity index is 0.00000484. The van der Waals surface area contributed by atoms with Crippen LogP contribution in [0.15, 0.2) is 29.3 Å². The van der Waals surface area contributed by atoms with Crippen molar-refractivity contribution in [2.75, 3.05) is 41.3 Å². The van der Waals surface area contributed by atoms with Crippen molar-refractivity contribution < 1.29 is 4.74 Å². The van der Waals surface area contributed by atoms with Crippen LogP contribution < -0.4 is 10.1 Å². The zero-order chi connectivity index (χ0) is 16.5. The van der Waals surface area contributed by atoms with E-state index < -0.39 is 0 Å². The van der Waals surface area contributed by atoms with Crippen LogP contribution in [0.1, 0.15) is 19.4 Å². The average molecular weight is 434 g/mol. The molecule has 0 spiro atoms. The fraction of sp³-hybridized carbons (Fsp3) is 0.588. The summed E-state index contributed by atoms with van der Waals surface area (Å²) in [6.07, 6.45) is 0. The van der Waals surface area contributed by atoms with Gasteiger partial charge in [0.15, 0.2) is 5.96 Å². The van der Waals surface area contributed by atoms with Gasteiger partial charge in [0.1, 0.15) is 5.75 Å². The summed E-state index contributed by atoms with van der Waals surface area (Å²) >= 11 is 0. The normalized spacial score (nSPS) is 11.4. The fourth-order valence-corrected chi connectivity index (χ4v) is 2.07. The van der Waals surface area contributed by atoms with Crippen molar-refractivity contribution in [3.05, 3.63) is 29.8 Å². The van der Waals surface area contributed by atoms with Gasteiger partial charge in [-0.1, -0.05) is 12.1 Å². The molecule has 1 aromatic rings. The summed E-state index contributed by atoms with van der Waals surface area (Å²) in [7, 11) is 7.68. The lowest BCUT2D eigenvalue weighted by Crippen LogP contribution is -2.42. The van der Waals surface area contributed by atoms with E-state index in [1.165, 1.54) is 5.56 Å². The summed E-state index contributed by atoms with van der Waals surface area (Å²) in [5, 5.41) is 3.41. The Hall–Kier alpha value is -1.02. The molecule has 0 unspecified atom stereocenters. The minimum absolute atomic E-state index is 0. The number of benzene rings is 1. The maximum Gasteiger partial charge on any atom is 0.193 e. The van der Waals surface area contributed by atoms with Gasteiger partial charge >= 0.3 is 0 Å². The van der Waals surface area contributed by atoms with Crippen LogP contribution in [0.3, 0.4) is 0 Å². The van der Waals surface area contributed by atoms with Crippen LogP contribution >= 0.6 is 24.0 Å². The lowest BCUT2D eigenvalue weighted by molar-refractivity contribution is 0.277. The molecule has 5 nitrogen and oxygen atoms in total. The summed E-state index contributed by atoms with van der Waals surface area (Å²) in [6.45, 7) is 7.08. The summed E-state index contributed by atoms with van der Waals surface area (Å²) < 4.78 is 5.18. The topological polar surface area (TPSA) is 40.1 Å². The Labute approximate surface area is 158 Å². The zero-order valence-electron chi connectivity index (χ0n) is 15.2. The molecule has 0 aromatic heterocycles. The van der Waals surface area contributed by atoms with Gasteiger partial charge < -0.3 is 19.9 Å². The first-order valence-electron chi connectivity index (χ1n) is 7.73. The number of methoxy groups -OCH3 is 1. The Morgan fingerprint density at radius 3 is 2.30 bits per heavy atom. The van der Waals surface area contributed by atoms with E-state index in [9.17, 15) is 0 Å². The van der Waals surface area contributed by atoms with Gasteiger partial charge in [-0.25, -0.2) is 0 Å². The second-order valence-electron chi connectivity index (χ2n) is 5.75. The van der Waals surface area contributed by atoms with Gasteiger partial charge in [-0.2, -0.15) is 0 Å². The number of hydrogen-bond acceptors (Lipinski definition) is 3. The Kier molecular flexibility index (Phi) is 11.0. The molecule has 1 N–H and O–H groups in total. The molecule has 0 heterocycles.